The lowest BCUT2D eigenvalue weighted by atomic mass is 10.1. The highest BCUT2D eigenvalue weighted by Crippen LogP contribution is 2.26. The van der Waals surface area contributed by atoms with E-state index in [2.05, 4.69) is 15.3 Å². The summed E-state index contributed by atoms with van der Waals surface area (Å²) in [5.41, 5.74) is 4.80. The molecule has 30 heavy (non-hydrogen) atoms. The number of fused-ring (bicyclic) bond motifs is 1. The Kier molecular flexibility index (Phi) is 5.86. The minimum absolute atomic E-state index is 0.181. The topological polar surface area (TPSA) is 62.5 Å². The van der Waals surface area contributed by atoms with E-state index in [0.717, 1.165) is 35.5 Å². The molecule has 1 N–H and O–H groups in total. The highest BCUT2D eigenvalue weighted by molar-refractivity contribution is 5.93. The first kappa shape index (κ1) is 19.8. The normalized spacial score (nSPS) is 11.2. The monoisotopic (exact) mass is 399 g/mol. The predicted octanol–water partition coefficient (Wildman–Crippen LogP) is 3.74. The maximum absolute atomic E-state index is 12.6. The van der Waals surface area contributed by atoms with Crippen LogP contribution in [0.2, 0.25) is 0 Å². The van der Waals surface area contributed by atoms with Gasteiger partial charge in [0.15, 0.2) is 11.3 Å². The molecule has 0 bridgehead atoms. The number of hydrogen-bond acceptors (Lipinski definition) is 4. The number of benzene rings is 2. The van der Waals surface area contributed by atoms with Crippen LogP contribution in [0.25, 0.3) is 28.2 Å². The Labute approximate surface area is 176 Å². The zero-order valence-electron chi connectivity index (χ0n) is 17.2. The summed E-state index contributed by atoms with van der Waals surface area (Å²) in [7, 11) is 4.04. The van der Waals surface area contributed by atoms with Crippen LogP contribution in [-0.4, -0.2) is 52.6 Å². The highest BCUT2D eigenvalue weighted by atomic mass is 16.1. The Morgan fingerprint density at radius 2 is 1.63 bits per heavy atom. The summed E-state index contributed by atoms with van der Waals surface area (Å²) < 4.78 is 1.75. The third kappa shape index (κ3) is 4.39. The molecule has 0 spiro atoms. The fourth-order valence-corrected chi connectivity index (χ4v) is 3.34. The van der Waals surface area contributed by atoms with E-state index in [9.17, 15) is 4.79 Å². The fraction of sp³-hybridized carbons (Fsp3) is 0.208. The van der Waals surface area contributed by atoms with E-state index in [1.165, 1.54) is 0 Å². The van der Waals surface area contributed by atoms with Crippen LogP contribution >= 0.6 is 0 Å². The molecule has 6 nitrogen and oxygen atoms in total. The van der Waals surface area contributed by atoms with Gasteiger partial charge >= 0.3 is 0 Å². The van der Waals surface area contributed by atoms with Gasteiger partial charge in [0.2, 0.25) is 0 Å². The third-order valence-corrected chi connectivity index (χ3v) is 4.87. The van der Waals surface area contributed by atoms with Crippen molar-refractivity contribution in [2.75, 3.05) is 27.2 Å². The zero-order chi connectivity index (χ0) is 20.9. The lowest BCUT2D eigenvalue weighted by Gasteiger charge is -2.09. The zero-order valence-corrected chi connectivity index (χ0v) is 17.2. The van der Waals surface area contributed by atoms with Crippen molar-refractivity contribution in [3.8, 4) is 22.5 Å². The van der Waals surface area contributed by atoms with Crippen molar-refractivity contribution in [3.63, 3.8) is 0 Å². The summed E-state index contributed by atoms with van der Waals surface area (Å²) in [5.74, 6) is -0.181. The number of hydrogen-bond donors (Lipinski definition) is 1. The number of aromatic nitrogens is 3. The van der Waals surface area contributed by atoms with E-state index in [1.807, 2.05) is 80.8 Å². The number of nitrogens with zero attached hydrogens (tertiary/aromatic N) is 4. The van der Waals surface area contributed by atoms with Crippen LogP contribution in [0.4, 0.5) is 0 Å². The first-order chi connectivity index (χ1) is 14.6. The summed E-state index contributed by atoms with van der Waals surface area (Å²) in [5, 5.41) is 7.52. The molecule has 6 heteroatoms. The molecule has 0 unspecified atom stereocenters. The largest absolute Gasteiger partial charge is 0.351 e. The maximum Gasteiger partial charge on any atom is 0.271 e. The first-order valence-electron chi connectivity index (χ1n) is 10.1. The van der Waals surface area contributed by atoms with Gasteiger partial charge in [-0.1, -0.05) is 60.7 Å². The maximum atomic E-state index is 12.6. The Morgan fingerprint density at radius 1 is 0.967 bits per heavy atom. The summed E-state index contributed by atoms with van der Waals surface area (Å²) in [4.78, 5) is 19.5. The summed E-state index contributed by atoms with van der Waals surface area (Å²) in [6.07, 6.45) is 0.887. The highest BCUT2D eigenvalue weighted by Gasteiger charge is 2.16. The number of nitrogens with one attached hydrogen (secondary N) is 1. The molecule has 2 heterocycles. The van der Waals surface area contributed by atoms with Crippen LogP contribution in [0.5, 0.6) is 0 Å². The molecule has 0 aliphatic carbocycles. The van der Waals surface area contributed by atoms with Gasteiger partial charge in [-0.15, -0.1) is 0 Å². The van der Waals surface area contributed by atoms with Crippen molar-refractivity contribution in [1.82, 2.24) is 24.8 Å². The molecular weight excluding hydrogens is 374 g/mol. The molecule has 0 aliphatic rings. The molecule has 2 aromatic carbocycles. The van der Waals surface area contributed by atoms with Gasteiger partial charge in [-0.2, -0.15) is 5.10 Å². The minimum Gasteiger partial charge on any atom is -0.351 e. The molecular formula is C24H25N5O. The van der Waals surface area contributed by atoms with Crippen molar-refractivity contribution >= 4 is 11.6 Å². The second-order valence-electron chi connectivity index (χ2n) is 7.47. The van der Waals surface area contributed by atoms with Crippen LogP contribution < -0.4 is 5.32 Å². The van der Waals surface area contributed by atoms with Gasteiger partial charge in [-0.05, 0) is 33.1 Å². The average molecular weight is 399 g/mol. The average Bonchev–Trinajstić information content (AvgIpc) is 3.21. The quantitative estimate of drug-likeness (QED) is 0.481. The molecule has 0 saturated heterocycles. The molecule has 0 atom stereocenters. The van der Waals surface area contributed by atoms with Gasteiger partial charge in [0.05, 0.1) is 11.4 Å². The minimum atomic E-state index is -0.181. The summed E-state index contributed by atoms with van der Waals surface area (Å²) in [6.45, 7) is 1.53. The van der Waals surface area contributed by atoms with E-state index in [4.69, 9.17) is 4.98 Å². The van der Waals surface area contributed by atoms with Gasteiger partial charge in [0.25, 0.3) is 5.91 Å². The summed E-state index contributed by atoms with van der Waals surface area (Å²) in [6, 6.07) is 23.8. The van der Waals surface area contributed by atoms with Crippen LogP contribution in [-0.2, 0) is 0 Å². The van der Waals surface area contributed by atoms with Gasteiger partial charge in [0.1, 0.15) is 0 Å². The predicted molar refractivity (Wildman–Crippen MR) is 119 cm³/mol. The number of amides is 1. The van der Waals surface area contributed by atoms with Crippen LogP contribution in [0, 0.1) is 0 Å². The SMILES string of the molecule is CN(C)CCCNC(=O)c1cc2nc(-c3ccccc3)cc(-c3ccccc3)n2n1. The molecule has 4 aromatic rings. The Morgan fingerprint density at radius 3 is 2.30 bits per heavy atom. The smallest absolute Gasteiger partial charge is 0.271 e. The second-order valence-corrected chi connectivity index (χ2v) is 7.47. The number of carbonyl (C=O) groups excluding carboxylic acids is 1. The van der Waals surface area contributed by atoms with Gasteiger partial charge in [-0.25, -0.2) is 9.50 Å². The lowest BCUT2D eigenvalue weighted by Crippen LogP contribution is -2.27. The molecule has 152 valence electrons. The number of carbonyl (C=O) groups is 1. The Bertz CT molecular complexity index is 1140. The first-order valence-corrected chi connectivity index (χ1v) is 10.1. The number of rotatable bonds is 7. The van der Waals surface area contributed by atoms with Crippen molar-refractivity contribution in [2.24, 2.45) is 0 Å². The fourth-order valence-electron chi connectivity index (χ4n) is 3.34. The van der Waals surface area contributed by atoms with E-state index in [1.54, 1.807) is 10.6 Å². The lowest BCUT2D eigenvalue weighted by molar-refractivity contribution is 0.0947. The molecule has 0 saturated carbocycles. The van der Waals surface area contributed by atoms with Crippen molar-refractivity contribution < 1.29 is 4.79 Å². The van der Waals surface area contributed by atoms with E-state index in [0.29, 0.717) is 17.9 Å². The molecule has 0 radical (unpaired) electrons. The molecule has 4 rings (SSSR count). The Hall–Kier alpha value is -3.51. The van der Waals surface area contributed by atoms with Crippen LogP contribution in [0.1, 0.15) is 16.9 Å². The molecule has 0 fully saturated rings. The van der Waals surface area contributed by atoms with E-state index < -0.39 is 0 Å². The molecule has 1 amide bonds. The standard InChI is InChI=1S/C24H25N5O/c1-28(2)15-9-14-25-24(30)21-17-23-26-20(18-10-5-3-6-11-18)16-22(29(23)27-21)19-12-7-4-8-13-19/h3-8,10-13,16-17H,9,14-15H2,1-2H3,(H,25,30). The van der Waals surface area contributed by atoms with Gasteiger partial charge in [-0.3, -0.25) is 4.79 Å². The Balaban J connectivity index is 1.71. The van der Waals surface area contributed by atoms with Crippen LogP contribution in [0.3, 0.4) is 0 Å². The van der Waals surface area contributed by atoms with Crippen molar-refractivity contribution in [2.45, 2.75) is 6.42 Å². The van der Waals surface area contributed by atoms with E-state index in [-0.39, 0.29) is 5.91 Å². The summed E-state index contributed by atoms with van der Waals surface area (Å²) >= 11 is 0. The van der Waals surface area contributed by atoms with Crippen molar-refractivity contribution in [3.05, 3.63) is 78.5 Å². The molecule has 2 aromatic heterocycles. The van der Waals surface area contributed by atoms with Crippen LogP contribution in [0.15, 0.2) is 72.8 Å². The second kappa shape index (κ2) is 8.88. The van der Waals surface area contributed by atoms with Crippen molar-refractivity contribution in [1.29, 1.82) is 0 Å². The van der Waals surface area contributed by atoms with Gasteiger partial charge < -0.3 is 10.2 Å². The van der Waals surface area contributed by atoms with E-state index >= 15 is 0 Å². The van der Waals surface area contributed by atoms with Gasteiger partial charge in [0, 0.05) is 23.7 Å². The third-order valence-electron chi connectivity index (χ3n) is 4.87. The molecule has 0 aliphatic heterocycles.